The monoisotopic (exact) mass is 485 g/mol. The van der Waals surface area contributed by atoms with Gasteiger partial charge in [-0.05, 0) is 49.1 Å². The highest BCUT2D eigenvalue weighted by Crippen LogP contribution is 2.40. The number of allylic oxidation sites excluding steroid dienone is 2. The van der Waals surface area contributed by atoms with Crippen LogP contribution in [0.25, 0.3) is 11.4 Å². The third-order valence-electron chi connectivity index (χ3n) is 5.69. The zero-order valence-corrected chi connectivity index (χ0v) is 19.5. The number of halogens is 2. The third kappa shape index (κ3) is 4.87. The van der Waals surface area contributed by atoms with Gasteiger partial charge in [0.25, 0.3) is 5.91 Å². The van der Waals surface area contributed by atoms with Crippen LogP contribution in [0.15, 0.2) is 63.6 Å². The normalized spacial score (nSPS) is 18.4. The maximum absolute atomic E-state index is 13.2. The SMILES string of the molecule is Cc1nc(-c2ccc(N3C(=O)C(O)=C(C(=O)CC(C)C)C3C3=CCCC=C3OC(F)F)cc2)no1. The molecule has 0 spiro atoms. The lowest BCUT2D eigenvalue weighted by atomic mass is 9.88. The lowest BCUT2D eigenvalue weighted by molar-refractivity contribution is -0.118. The van der Waals surface area contributed by atoms with Gasteiger partial charge in [-0.25, -0.2) is 0 Å². The van der Waals surface area contributed by atoms with E-state index in [9.17, 15) is 23.5 Å². The van der Waals surface area contributed by atoms with Crippen molar-refractivity contribution >= 4 is 17.4 Å². The van der Waals surface area contributed by atoms with E-state index in [0.717, 1.165) is 0 Å². The molecule has 0 saturated heterocycles. The first kappa shape index (κ1) is 24.3. The predicted octanol–water partition coefficient (Wildman–Crippen LogP) is 5.03. The van der Waals surface area contributed by atoms with Crippen molar-refractivity contribution in [3.63, 3.8) is 0 Å². The molecule has 1 aliphatic carbocycles. The Morgan fingerprint density at radius 3 is 2.51 bits per heavy atom. The Morgan fingerprint density at radius 2 is 1.91 bits per heavy atom. The van der Waals surface area contributed by atoms with Crippen molar-refractivity contribution < 1.29 is 32.7 Å². The second-order valence-electron chi connectivity index (χ2n) is 8.73. The number of hydrogen-bond acceptors (Lipinski definition) is 7. The molecule has 1 N–H and O–H groups in total. The Hall–Kier alpha value is -3.82. The average molecular weight is 485 g/mol. The van der Waals surface area contributed by atoms with Gasteiger partial charge in [-0.1, -0.05) is 25.1 Å². The van der Waals surface area contributed by atoms with Gasteiger partial charge >= 0.3 is 6.61 Å². The summed E-state index contributed by atoms with van der Waals surface area (Å²) in [5.74, 6) is -1.33. The largest absolute Gasteiger partial charge is 0.503 e. The van der Waals surface area contributed by atoms with Crippen LogP contribution in [0.1, 0.15) is 39.0 Å². The van der Waals surface area contributed by atoms with Gasteiger partial charge in [0, 0.05) is 30.2 Å². The second-order valence-corrected chi connectivity index (χ2v) is 8.73. The summed E-state index contributed by atoms with van der Waals surface area (Å²) >= 11 is 0. The summed E-state index contributed by atoms with van der Waals surface area (Å²) in [7, 11) is 0. The van der Waals surface area contributed by atoms with Crippen molar-refractivity contribution in [2.24, 2.45) is 5.92 Å². The van der Waals surface area contributed by atoms with Crippen LogP contribution in [0.3, 0.4) is 0 Å². The summed E-state index contributed by atoms with van der Waals surface area (Å²) in [5, 5.41) is 14.6. The van der Waals surface area contributed by atoms with Crippen LogP contribution >= 0.6 is 0 Å². The fraction of sp³-hybridized carbons (Fsp3) is 0.360. The molecule has 0 saturated carbocycles. The summed E-state index contributed by atoms with van der Waals surface area (Å²) in [6.07, 6.45) is 4.23. The topological polar surface area (TPSA) is 106 Å². The predicted molar refractivity (Wildman–Crippen MR) is 122 cm³/mol. The number of rotatable bonds is 8. The maximum atomic E-state index is 13.2. The number of anilines is 1. The molecule has 35 heavy (non-hydrogen) atoms. The van der Waals surface area contributed by atoms with Crippen molar-refractivity contribution in [2.45, 2.75) is 52.7 Å². The molecule has 8 nitrogen and oxygen atoms in total. The molecule has 1 unspecified atom stereocenters. The number of carbonyl (C=O) groups excluding carboxylic acids is 2. The van der Waals surface area contributed by atoms with Gasteiger partial charge < -0.3 is 14.4 Å². The van der Waals surface area contributed by atoms with E-state index in [1.165, 1.54) is 11.0 Å². The number of alkyl halides is 2. The number of carbonyl (C=O) groups is 2. The van der Waals surface area contributed by atoms with Crippen LogP contribution in [-0.4, -0.2) is 39.6 Å². The van der Waals surface area contributed by atoms with Gasteiger partial charge in [0.1, 0.15) is 5.76 Å². The van der Waals surface area contributed by atoms with Crippen LogP contribution < -0.4 is 4.90 Å². The van der Waals surface area contributed by atoms with Crippen molar-refractivity contribution in [1.82, 2.24) is 10.1 Å². The Morgan fingerprint density at radius 1 is 1.23 bits per heavy atom. The van der Waals surface area contributed by atoms with E-state index in [4.69, 9.17) is 9.26 Å². The number of ether oxygens (including phenoxy) is 1. The average Bonchev–Trinajstić information content (AvgIpc) is 3.34. The summed E-state index contributed by atoms with van der Waals surface area (Å²) in [5.41, 5.74) is 1.09. The molecule has 0 bridgehead atoms. The number of ketones is 1. The van der Waals surface area contributed by atoms with Crippen LogP contribution in [-0.2, 0) is 14.3 Å². The van der Waals surface area contributed by atoms with Crippen LogP contribution in [0.4, 0.5) is 14.5 Å². The van der Waals surface area contributed by atoms with E-state index in [1.54, 1.807) is 37.3 Å². The first-order chi connectivity index (χ1) is 16.7. The number of Topliss-reactive ketones (excluding diaryl/α,β-unsaturated/α-hetero) is 1. The third-order valence-corrected chi connectivity index (χ3v) is 5.69. The van der Waals surface area contributed by atoms with Crippen molar-refractivity contribution in [1.29, 1.82) is 0 Å². The van der Waals surface area contributed by atoms with Crippen molar-refractivity contribution in [3.8, 4) is 11.4 Å². The molecule has 1 aromatic heterocycles. The smallest absolute Gasteiger partial charge is 0.387 e. The Bertz CT molecular complexity index is 1230. The fourth-order valence-electron chi connectivity index (χ4n) is 4.25. The first-order valence-electron chi connectivity index (χ1n) is 11.2. The number of aliphatic hydroxyl groups excluding tert-OH is 1. The summed E-state index contributed by atoms with van der Waals surface area (Å²) in [4.78, 5) is 31.8. The molecule has 10 heteroatoms. The number of benzene rings is 1. The first-order valence-corrected chi connectivity index (χ1v) is 11.2. The Balaban J connectivity index is 1.78. The molecule has 1 atom stereocenters. The molecule has 1 aliphatic heterocycles. The Labute approximate surface area is 200 Å². The maximum Gasteiger partial charge on any atom is 0.387 e. The number of nitrogens with zero attached hydrogens (tertiary/aromatic N) is 3. The van der Waals surface area contributed by atoms with Gasteiger partial charge in [0.05, 0.1) is 11.6 Å². The minimum Gasteiger partial charge on any atom is -0.503 e. The highest BCUT2D eigenvalue weighted by Gasteiger charge is 2.46. The molecule has 1 amide bonds. The van der Waals surface area contributed by atoms with Crippen molar-refractivity contribution in [2.75, 3.05) is 4.90 Å². The van der Waals surface area contributed by atoms with Crippen LogP contribution in [0.2, 0.25) is 0 Å². The second kappa shape index (κ2) is 9.81. The highest BCUT2D eigenvalue weighted by molar-refractivity contribution is 6.17. The Kier molecular flexibility index (Phi) is 6.81. The molecule has 2 aliphatic rings. The molecule has 2 aromatic rings. The molecule has 4 rings (SSSR count). The molecule has 2 heterocycles. The van der Waals surface area contributed by atoms with E-state index < -0.39 is 30.1 Å². The minimum absolute atomic E-state index is 0.0436. The lowest BCUT2D eigenvalue weighted by Gasteiger charge is -2.31. The van der Waals surface area contributed by atoms with Gasteiger partial charge in [-0.3, -0.25) is 14.5 Å². The zero-order valence-electron chi connectivity index (χ0n) is 19.5. The number of amides is 1. The minimum atomic E-state index is -3.08. The van der Waals surface area contributed by atoms with E-state index in [0.29, 0.717) is 35.8 Å². The molecular weight excluding hydrogens is 460 g/mol. The van der Waals surface area contributed by atoms with E-state index in [-0.39, 0.29) is 29.2 Å². The fourth-order valence-corrected chi connectivity index (χ4v) is 4.25. The highest BCUT2D eigenvalue weighted by atomic mass is 19.3. The van der Waals surface area contributed by atoms with Crippen molar-refractivity contribution in [3.05, 3.63) is 65.0 Å². The number of hydrogen-bond donors (Lipinski definition) is 1. The number of aromatic nitrogens is 2. The zero-order chi connectivity index (χ0) is 25.3. The molecule has 184 valence electrons. The lowest BCUT2D eigenvalue weighted by Crippen LogP contribution is -2.39. The summed E-state index contributed by atoms with van der Waals surface area (Å²) < 4.78 is 36.1. The van der Waals surface area contributed by atoms with E-state index in [1.807, 2.05) is 13.8 Å². The van der Waals surface area contributed by atoms with E-state index >= 15 is 0 Å². The van der Waals surface area contributed by atoms with Gasteiger partial charge in [-0.2, -0.15) is 13.8 Å². The molecule has 0 fully saturated rings. The van der Waals surface area contributed by atoms with Gasteiger partial charge in [-0.15, -0.1) is 0 Å². The molecule has 0 radical (unpaired) electrons. The molecule has 1 aromatic carbocycles. The summed E-state index contributed by atoms with van der Waals surface area (Å²) in [6, 6.07) is 5.43. The number of aryl methyl sites for hydroxylation is 1. The van der Waals surface area contributed by atoms with Gasteiger partial charge in [0.2, 0.25) is 11.7 Å². The van der Waals surface area contributed by atoms with Gasteiger partial charge in [0.15, 0.2) is 11.5 Å². The molecular formula is C25H25F2N3O5. The van der Waals surface area contributed by atoms with Crippen LogP contribution in [0, 0.1) is 12.8 Å². The number of aliphatic hydroxyl groups is 1. The van der Waals surface area contributed by atoms with E-state index in [2.05, 4.69) is 10.1 Å². The summed E-state index contributed by atoms with van der Waals surface area (Å²) in [6.45, 7) is 2.25. The quantitative estimate of drug-likeness (QED) is 0.559. The standard InChI is InChI=1S/C25H25F2N3O5/c1-13(2)12-18(31)20-21(17-6-4-5-7-19(17)34-25(26)27)30(24(33)22(20)32)16-10-8-15(9-11-16)23-28-14(3)35-29-23/h6-11,13,21,25,32H,4-5,12H2,1-3H3. The van der Waals surface area contributed by atoms with Crippen LogP contribution in [0.5, 0.6) is 0 Å².